The molecule has 106 valence electrons. The van der Waals surface area contributed by atoms with Gasteiger partial charge in [0.05, 0.1) is 19.1 Å². The quantitative estimate of drug-likeness (QED) is 0.782. The highest BCUT2D eigenvalue weighted by Gasteiger charge is 2.26. The van der Waals surface area contributed by atoms with Crippen molar-refractivity contribution < 1.29 is 24.5 Å². The van der Waals surface area contributed by atoms with Crippen molar-refractivity contribution in [3.8, 4) is 0 Å². The molecule has 0 rings (SSSR count). The minimum Gasteiger partial charge on any atom is -0.481 e. The number of aliphatic hydroxyl groups is 1. The van der Waals surface area contributed by atoms with E-state index in [1.807, 2.05) is 0 Å². The zero-order chi connectivity index (χ0) is 14.5. The number of aliphatic hydroxyl groups excluding tert-OH is 1. The van der Waals surface area contributed by atoms with Crippen molar-refractivity contribution in [2.75, 3.05) is 6.54 Å². The van der Waals surface area contributed by atoms with Crippen LogP contribution in [0.4, 0.5) is 4.79 Å². The Balaban J connectivity index is 4.57. The maximum atomic E-state index is 11.9. The van der Waals surface area contributed by atoms with Crippen LogP contribution in [-0.4, -0.2) is 51.5 Å². The van der Waals surface area contributed by atoms with Gasteiger partial charge in [0.2, 0.25) is 0 Å². The summed E-state index contributed by atoms with van der Waals surface area (Å²) in [7, 11) is 0. The van der Waals surface area contributed by atoms with Gasteiger partial charge < -0.3 is 19.8 Å². The topological polar surface area (TPSA) is 87.1 Å². The Morgan fingerprint density at radius 1 is 1.28 bits per heavy atom. The molecule has 0 aromatic heterocycles. The third-order valence-corrected chi connectivity index (χ3v) is 2.07. The number of carboxylic acids is 1. The Bertz CT molecular complexity index is 295. The zero-order valence-electron chi connectivity index (χ0n) is 11.6. The predicted molar refractivity (Wildman–Crippen MR) is 66.3 cm³/mol. The van der Waals surface area contributed by atoms with Crippen LogP contribution in [0, 0.1) is 0 Å². The normalized spacial score (nSPS) is 13.3. The molecule has 2 N–H and O–H groups in total. The van der Waals surface area contributed by atoms with Crippen molar-refractivity contribution in [2.45, 2.75) is 58.8 Å². The summed E-state index contributed by atoms with van der Waals surface area (Å²) in [6.07, 6.45) is -2.05. The third-order valence-electron chi connectivity index (χ3n) is 2.07. The van der Waals surface area contributed by atoms with Crippen LogP contribution >= 0.6 is 0 Å². The molecule has 1 atom stereocenters. The number of nitrogens with zero attached hydrogens (tertiary/aromatic N) is 1. The molecule has 0 aromatic rings. The van der Waals surface area contributed by atoms with Crippen LogP contribution in [-0.2, 0) is 9.53 Å². The van der Waals surface area contributed by atoms with E-state index in [2.05, 4.69) is 0 Å². The second-order valence-electron chi connectivity index (χ2n) is 5.48. The highest BCUT2D eigenvalue weighted by molar-refractivity contribution is 5.69. The first-order valence-corrected chi connectivity index (χ1v) is 5.92. The summed E-state index contributed by atoms with van der Waals surface area (Å²) in [6.45, 7) is 8.74. The molecule has 6 nitrogen and oxygen atoms in total. The fraction of sp³-hybridized carbons (Fsp3) is 0.833. The first-order chi connectivity index (χ1) is 8.03. The lowest BCUT2D eigenvalue weighted by molar-refractivity contribution is -0.139. The lowest BCUT2D eigenvalue weighted by Gasteiger charge is -2.31. The number of amides is 1. The summed E-state index contributed by atoms with van der Waals surface area (Å²) in [5.41, 5.74) is -0.623. The van der Waals surface area contributed by atoms with Crippen molar-refractivity contribution in [2.24, 2.45) is 0 Å². The average molecular weight is 261 g/mol. The second-order valence-corrected chi connectivity index (χ2v) is 5.48. The molecule has 0 bridgehead atoms. The molecule has 0 aliphatic heterocycles. The first kappa shape index (κ1) is 16.7. The summed E-state index contributed by atoms with van der Waals surface area (Å²) in [6, 6.07) is -0.178. The van der Waals surface area contributed by atoms with Gasteiger partial charge in [-0.3, -0.25) is 4.79 Å². The van der Waals surface area contributed by atoms with Gasteiger partial charge in [0.15, 0.2) is 0 Å². The molecule has 0 saturated heterocycles. The molecule has 0 spiro atoms. The smallest absolute Gasteiger partial charge is 0.410 e. The second kappa shape index (κ2) is 6.58. The highest BCUT2D eigenvalue weighted by Crippen LogP contribution is 2.13. The van der Waals surface area contributed by atoms with Gasteiger partial charge in [-0.15, -0.1) is 0 Å². The molecular formula is C12H23NO5. The Morgan fingerprint density at radius 2 is 1.78 bits per heavy atom. The average Bonchev–Trinajstić information content (AvgIpc) is 2.09. The number of carboxylic acid groups (broad SMARTS) is 1. The van der Waals surface area contributed by atoms with Gasteiger partial charge >= 0.3 is 12.1 Å². The molecule has 6 heteroatoms. The Morgan fingerprint density at radius 3 is 2.11 bits per heavy atom. The fourth-order valence-corrected chi connectivity index (χ4v) is 1.31. The van der Waals surface area contributed by atoms with E-state index in [0.717, 1.165) is 0 Å². The van der Waals surface area contributed by atoms with Gasteiger partial charge in [-0.25, -0.2) is 4.79 Å². The summed E-state index contributed by atoms with van der Waals surface area (Å²) in [4.78, 5) is 23.7. The number of ether oxygens (including phenoxy) is 1. The van der Waals surface area contributed by atoms with Crippen molar-refractivity contribution in [3.63, 3.8) is 0 Å². The van der Waals surface area contributed by atoms with Crippen LogP contribution in [0.5, 0.6) is 0 Å². The van der Waals surface area contributed by atoms with E-state index in [-0.39, 0.29) is 12.6 Å². The van der Waals surface area contributed by atoms with Gasteiger partial charge in [-0.1, -0.05) is 0 Å². The lowest BCUT2D eigenvalue weighted by Crippen LogP contribution is -2.45. The summed E-state index contributed by atoms with van der Waals surface area (Å²) < 4.78 is 5.20. The summed E-state index contributed by atoms with van der Waals surface area (Å²) in [5.74, 6) is -1.10. The Kier molecular flexibility index (Phi) is 6.11. The molecule has 0 aromatic carbocycles. The molecule has 0 aliphatic carbocycles. The van der Waals surface area contributed by atoms with E-state index >= 15 is 0 Å². The van der Waals surface area contributed by atoms with Crippen molar-refractivity contribution in [3.05, 3.63) is 0 Å². The molecular weight excluding hydrogens is 238 g/mol. The van der Waals surface area contributed by atoms with E-state index in [1.165, 1.54) is 4.90 Å². The van der Waals surface area contributed by atoms with Crippen LogP contribution in [0.1, 0.15) is 41.0 Å². The minimum absolute atomic E-state index is 0.0567. The van der Waals surface area contributed by atoms with Gasteiger partial charge in [0.1, 0.15) is 5.60 Å². The molecule has 0 saturated carbocycles. The molecule has 0 radical (unpaired) electrons. The van der Waals surface area contributed by atoms with Gasteiger partial charge in [0, 0.05) is 6.04 Å². The number of aliphatic carboxylic acids is 1. The summed E-state index contributed by atoms with van der Waals surface area (Å²) in [5, 5.41) is 18.1. The SMILES string of the molecule is CC(C)N(C[C@@H](O)CC(=O)O)C(=O)OC(C)(C)C. The lowest BCUT2D eigenvalue weighted by atomic mass is 10.2. The molecule has 0 aliphatic rings. The van der Waals surface area contributed by atoms with Crippen LogP contribution < -0.4 is 0 Å². The molecule has 1 amide bonds. The predicted octanol–water partition coefficient (Wildman–Crippen LogP) is 1.47. The molecule has 0 unspecified atom stereocenters. The minimum atomic E-state index is -1.10. The maximum absolute atomic E-state index is 11.9. The first-order valence-electron chi connectivity index (χ1n) is 5.92. The highest BCUT2D eigenvalue weighted by atomic mass is 16.6. The molecule has 18 heavy (non-hydrogen) atoms. The fourth-order valence-electron chi connectivity index (χ4n) is 1.31. The van der Waals surface area contributed by atoms with Gasteiger partial charge in [-0.05, 0) is 34.6 Å². The van der Waals surface area contributed by atoms with E-state index < -0.39 is 30.2 Å². The number of rotatable bonds is 5. The van der Waals surface area contributed by atoms with Gasteiger partial charge in [-0.2, -0.15) is 0 Å². The van der Waals surface area contributed by atoms with E-state index in [1.54, 1.807) is 34.6 Å². The van der Waals surface area contributed by atoms with Gasteiger partial charge in [0.25, 0.3) is 0 Å². The van der Waals surface area contributed by atoms with Crippen LogP contribution in [0.25, 0.3) is 0 Å². The summed E-state index contributed by atoms with van der Waals surface area (Å²) >= 11 is 0. The van der Waals surface area contributed by atoms with Crippen LogP contribution in [0.2, 0.25) is 0 Å². The maximum Gasteiger partial charge on any atom is 0.410 e. The Hall–Kier alpha value is -1.30. The van der Waals surface area contributed by atoms with Crippen molar-refractivity contribution in [1.82, 2.24) is 4.90 Å². The van der Waals surface area contributed by atoms with Crippen molar-refractivity contribution in [1.29, 1.82) is 0 Å². The molecule has 0 fully saturated rings. The standard InChI is InChI=1S/C12H23NO5/c1-8(2)13(7-9(14)6-10(15)16)11(17)18-12(3,4)5/h8-9,14H,6-7H2,1-5H3,(H,15,16)/t9-/m0/s1. The van der Waals surface area contributed by atoms with Crippen LogP contribution in [0.3, 0.4) is 0 Å². The van der Waals surface area contributed by atoms with E-state index in [0.29, 0.717) is 0 Å². The van der Waals surface area contributed by atoms with E-state index in [4.69, 9.17) is 9.84 Å². The monoisotopic (exact) mass is 261 g/mol. The van der Waals surface area contributed by atoms with Crippen molar-refractivity contribution >= 4 is 12.1 Å². The largest absolute Gasteiger partial charge is 0.481 e. The third kappa shape index (κ3) is 7.11. The Labute approximate surface area is 108 Å². The zero-order valence-corrected chi connectivity index (χ0v) is 11.6. The molecule has 0 heterocycles. The van der Waals surface area contributed by atoms with E-state index in [9.17, 15) is 14.7 Å². The number of carbonyl (C=O) groups excluding carboxylic acids is 1. The van der Waals surface area contributed by atoms with Crippen LogP contribution in [0.15, 0.2) is 0 Å². The number of carbonyl (C=O) groups is 2. The number of hydrogen-bond acceptors (Lipinski definition) is 4. The number of hydrogen-bond donors (Lipinski definition) is 2.